The van der Waals surface area contributed by atoms with Crippen LogP contribution in [0.4, 0.5) is 4.79 Å². The molecule has 0 aromatic rings. The summed E-state index contributed by atoms with van der Waals surface area (Å²) in [7, 11) is 0. The molecule has 0 fully saturated rings. The van der Waals surface area contributed by atoms with Crippen molar-refractivity contribution in [2.75, 3.05) is 19.7 Å². The van der Waals surface area contributed by atoms with Crippen LogP contribution >= 0.6 is 0 Å². The first-order chi connectivity index (χ1) is 8.31. The molecule has 0 heterocycles. The van der Waals surface area contributed by atoms with Crippen molar-refractivity contribution < 1.29 is 14.3 Å². The van der Waals surface area contributed by atoms with Crippen LogP contribution < -0.4 is 10.6 Å². The highest BCUT2D eigenvalue weighted by Gasteiger charge is 1.99. The molecule has 17 heavy (non-hydrogen) atoms. The predicted octanol–water partition coefficient (Wildman–Crippen LogP) is 1.73. The van der Waals surface area contributed by atoms with Crippen LogP contribution in [0.25, 0.3) is 0 Å². The number of hydrogen-bond acceptors (Lipinski definition) is 3. The largest absolute Gasteiger partial charge is 0.450 e. The minimum absolute atomic E-state index is 0.323. The van der Waals surface area contributed by atoms with Crippen LogP contribution in [0.15, 0.2) is 0 Å². The molecule has 0 rings (SSSR count). The van der Waals surface area contributed by atoms with Crippen molar-refractivity contribution in [3.05, 3.63) is 0 Å². The van der Waals surface area contributed by atoms with Gasteiger partial charge in [-0.3, -0.25) is 4.79 Å². The highest BCUT2D eigenvalue weighted by molar-refractivity contribution is 5.66. The molecule has 0 aromatic carbocycles. The highest BCUT2D eigenvalue weighted by Crippen LogP contribution is 1.97. The van der Waals surface area contributed by atoms with Gasteiger partial charge in [0.15, 0.2) is 0 Å². The van der Waals surface area contributed by atoms with E-state index in [2.05, 4.69) is 17.6 Å². The Morgan fingerprint density at radius 2 is 1.82 bits per heavy atom. The second-order valence-electron chi connectivity index (χ2n) is 3.86. The van der Waals surface area contributed by atoms with Gasteiger partial charge in [-0.15, -0.1) is 0 Å². The number of alkyl carbamates (subject to hydrolysis) is 1. The molecule has 0 aliphatic heterocycles. The summed E-state index contributed by atoms with van der Waals surface area (Å²) >= 11 is 0. The zero-order chi connectivity index (χ0) is 12.8. The lowest BCUT2D eigenvalue weighted by molar-refractivity contribution is 0.144. The Hall–Kier alpha value is -1.26. The van der Waals surface area contributed by atoms with E-state index in [4.69, 9.17) is 4.74 Å². The van der Waals surface area contributed by atoms with E-state index >= 15 is 0 Å². The molecule has 0 saturated carbocycles. The van der Waals surface area contributed by atoms with Gasteiger partial charge >= 0.3 is 12.5 Å². The van der Waals surface area contributed by atoms with Gasteiger partial charge in [-0.05, 0) is 19.3 Å². The fourth-order valence-electron chi connectivity index (χ4n) is 1.29. The Morgan fingerprint density at radius 1 is 1.12 bits per heavy atom. The van der Waals surface area contributed by atoms with Crippen molar-refractivity contribution in [3.63, 3.8) is 0 Å². The van der Waals surface area contributed by atoms with E-state index in [1.807, 2.05) is 0 Å². The van der Waals surface area contributed by atoms with Crippen molar-refractivity contribution in [3.8, 4) is 0 Å². The second kappa shape index (κ2) is 12.8. The van der Waals surface area contributed by atoms with Crippen molar-refractivity contribution in [2.24, 2.45) is 0 Å². The molecule has 5 heteroatoms. The SMILES string of the molecule is CCCCOC(=O)NCCCCCCN[C]=O. The molecule has 5 nitrogen and oxygen atoms in total. The van der Waals surface area contributed by atoms with Gasteiger partial charge in [0.25, 0.3) is 0 Å². The van der Waals surface area contributed by atoms with Crippen LogP contribution in [-0.2, 0) is 9.53 Å². The van der Waals surface area contributed by atoms with Gasteiger partial charge in [0.05, 0.1) is 6.61 Å². The molecule has 0 bridgehead atoms. The van der Waals surface area contributed by atoms with Crippen LogP contribution in [0.3, 0.4) is 0 Å². The quantitative estimate of drug-likeness (QED) is 0.429. The molecule has 1 radical (unpaired) electrons. The lowest BCUT2D eigenvalue weighted by Crippen LogP contribution is -2.25. The van der Waals surface area contributed by atoms with E-state index in [1.165, 1.54) is 0 Å². The first kappa shape index (κ1) is 15.7. The minimum Gasteiger partial charge on any atom is -0.450 e. The van der Waals surface area contributed by atoms with Gasteiger partial charge in [0, 0.05) is 13.1 Å². The van der Waals surface area contributed by atoms with E-state index in [0.29, 0.717) is 19.7 Å². The molecule has 0 aliphatic rings. The highest BCUT2D eigenvalue weighted by atomic mass is 16.5. The van der Waals surface area contributed by atoms with Crippen molar-refractivity contribution in [1.29, 1.82) is 0 Å². The van der Waals surface area contributed by atoms with Crippen LogP contribution in [0.1, 0.15) is 45.4 Å². The number of nitrogens with one attached hydrogen (secondary N) is 2. The van der Waals surface area contributed by atoms with Gasteiger partial charge in [0.1, 0.15) is 0 Å². The van der Waals surface area contributed by atoms with Crippen LogP contribution in [0, 0.1) is 0 Å². The lowest BCUT2D eigenvalue weighted by atomic mass is 10.2. The number of hydrogen-bond donors (Lipinski definition) is 2. The molecule has 0 aliphatic carbocycles. The van der Waals surface area contributed by atoms with Crippen molar-refractivity contribution >= 4 is 12.5 Å². The number of carbonyl (C=O) groups is 1. The fourth-order valence-corrected chi connectivity index (χ4v) is 1.29. The Bertz CT molecular complexity index is 198. The number of rotatable bonds is 11. The van der Waals surface area contributed by atoms with E-state index in [0.717, 1.165) is 38.5 Å². The van der Waals surface area contributed by atoms with Crippen LogP contribution in [-0.4, -0.2) is 32.2 Å². The molecule has 0 saturated heterocycles. The smallest absolute Gasteiger partial charge is 0.407 e. The first-order valence-electron chi connectivity index (χ1n) is 6.32. The third kappa shape index (κ3) is 12.7. The van der Waals surface area contributed by atoms with Gasteiger partial charge in [-0.1, -0.05) is 26.2 Å². The summed E-state index contributed by atoms with van der Waals surface area (Å²) in [5, 5.41) is 5.20. The summed E-state index contributed by atoms with van der Waals surface area (Å²) in [6.45, 7) is 3.88. The molecular weight excluding hydrogens is 220 g/mol. The van der Waals surface area contributed by atoms with Gasteiger partial charge in [-0.25, -0.2) is 4.79 Å². The minimum atomic E-state index is -0.323. The summed E-state index contributed by atoms with van der Waals surface area (Å²) in [4.78, 5) is 20.9. The monoisotopic (exact) mass is 243 g/mol. The zero-order valence-corrected chi connectivity index (χ0v) is 10.6. The summed E-state index contributed by atoms with van der Waals surface area (Å²) in [5.41, 5.74) is 0. The Balaban J connectivity index is 3.11. The van der Waals surface area contributed by atoms with E-state index in [1.54, 1.807) is 6.41 Å². The third-order valence-electron chi connectivity index (χ3n) is 2.30. The van der Waals surface area contributed by atoms with E-state index in [-0.39, 0.29) is 6.09 Å². The molecule has 99 valence electrons. The molecule has 2 amide bonds. The normalized spacial score (nSPS) is 9.71. The van der Waals surface area contributed by atoms with Crippen molar-refractivity contribution in [2.45, 2.75) is 45.4 Å². The molecule has 0 aromatic heterocycles. The van der Waals surface area contributed by atoms with Crippen molar-refractivity contribution in [1.82, 2.24) is 10.6 Å². The molecule has 2 N–H and O–H groups in total. The standard InChI is InChI=1S/C12H23N2O3/c1-2-3-10-17-12(16)14-9-7-5-4-6-8-13-11-15/h2-10H2,1H3,(H,13,15)(H,14,16). The maximum absolute atomic E-state index is 11.1. The zero-order valence-electron chi connectivity index (χ0n) is 10.6. The Kier molecular flexibility index (Phi) is 11.9. The topological polar surface area (TPSA) is 67.4 Å². The average molecular weight is 243 g/mol. The summed E-state index contributed by atoms with van der Waals surface area (Å²) in [6, 6.07) is 0. The van der Waals surface area contributed by atoms with E-state index < -0.39 is 0 Å². The van der Waals surface area contributed by atoms with Crippen LogP contribution in [0.5, 0.6) is 0 Å². The van der Waals surface area contributed by atoms with Gasteiger partial charge in [0.2, 0.25) is 0 Å². The summed E-state index contributed by atoms with van der Waals surface area (Å²) < 4.78 is 4.94. The number of carbonyl (C=O) groups excluding carboxylic acids is 2. The number of unbranched alkanes of at least 4 members (excludes halogenated alkanes) is 4. The first-order valence-corrected chi connectivity index (χ1v) is 6.32. The maximum atomic E-state index is 11.1. The van der Waals surface area contributed by atoms with E-state index in [9.17, 15) is 9.59 Å². The summed E-state index contributed by atoms with van der Waals surface area (Å²) in [5.74, 6) is 0. The van der Waals surface area contributed by atoms with Gasteiger partial charge in [-0.2, -0.15) is 0 Å². The second-order valence-corrected chi connectivity index (χ2v) is 3.86. The average Bonchev–Trinajstić information content (AvgIpc) is 2.33. The maximum Gasteiger partial charge on any atom is 0.407 e. The number of amides is 2. The Labute approximate surface area is 103 Å². The Morgan fingerprint density at radius 3 is 2.47 bits per heavy atom. The lowest BCUT2D eigenvalue weighted by Gasteiger charge is -2.06. The molecular formula is C12H23N2O3. The van der Waals surface area contributed by atoms with Gasteiger partial charge < -0.3 is 15.4 Å². The third-order valence-corrected chi connectivity index (χ3v) is 2.30. The predicted molar refractivity (Wildman–Crippen MR) is 66.4 cm³/mol. The molecule has 0 atom stereocenters. The fraction of sp³-hybridized carbons (Fsp3) is 0.833. The summed E-state index contributed by atoms with van der Waals surface area (Å²) in [6.07, 6.45) is 7.22. The van der Waals surface area contributed by atoms with Crippen LogP contribution in [0.2, 0.25) is 0 Å². The number of ether oxygens (including phenoxy) is 1. The molecule has 0 unspecified atom stereocenters. The molecule has 0 spiro atoms.